The van der Waals surface area contributed by atoms with E-state index < -0.39 is 6.04 Å². The fourth-order valence-electron chi connectivity index (χ4n) is 4.09. The Kier molecular flexibility index (Phi) is 4.92. The summed E-state index contributed by atoms with van der Waals surface area (Å²) in [5.41, 5.74) is 2.76. The molecule has 0 bridgehead atoms. The lowest BCUT2D eigenvalue weighted by Crippen LogP contribution is -2.49. The van der Waals surface area contributed by atoms with Crippen molar-refractivity contribution >= 4 is 11.8 Å². The zero-order valence-electron chi connectivity index (χ0n) is 15.6. The molecule has 1 aliphatic carbocycles. The summed E-state index contributed by atoms with van der Waals surface area (Å²) in [4.78, 5) is 27.7. The second-order valence-electron chi connectivity index (χ2n) is 7.56. The van der Waals surface area contributed by atoms with E-state index in [4.69, 9.17) is 0 Å². The molecule has 1 aromatic heterocycles. The molecule has 2 aromatic rings. The molecule has 2 amide bonds. The first-order chi connectivity index (χ1) is 13.1. The molecular formula is C20H25N5O2. The number of aromatic nitrogens is 3. The van der Waals surface area contributed by atoms with Gasteiger partial charge in [0.2, 0.25) is 11.8 Å². The van der Waals surface area contributed by atoms with Crippen LogP contribution in [0.1, 0.15) is 55.0 Å². The Balaban J connectivity index is 1.63. The number of carbonyl (C=O) groups excluding carboxylic acids is 2. The minimum atomic E-state index is -0.636. The fraction of sp³-hybridized carbons (Fsp3) is 0.500. The molecule has 1 aliphatic heterocycles. The molecule has 1 N–H and O–H groups in total. The number of amides is 2. The van der Waals surface area contributed by atoms with Crippen molar-refractivity contribution < 1.29 is 9.59 Å². The van der Waals surface area contributed by atoms with Crippen LogP contribution in [-0.4, -0.2) is 37.7 Å². The highest BCUT2D eigenvalue weighted by molar-refractivity contribution is 5.89. The number of fused-ring (bicyclic) bond motifs is 1. The summed E-state index contributed by atoms with van der Waals surface area (Å²) in [6.45, 7) is 2.45. The summed E-state index contributed by atoms with van der Waals surface area (Å²) in [5, 5.41) is 11.0. The zero-order chi connectivity index (χ0) is 18.8. The second-order valence-corrected chi connectivity index (χ2v) is 7.56. The van der Waals surface area contributed by atoms with Crippen molar-refractivity contribution in [3.05, 3.63) is 47.3 Å². The third-order valence-electron chi connectivity index (χ3n) is 5.51. The Labute approximate surface area is 158 Å². The summed E-state index contributed by atoms with van der Waals surface area (Å²) in [6, 6.07) is 7.41. The van der Waals surface area contributed by atoms with Gasteiger partial charge in [-0.25, -0.2) is 4.68 Å². The van der Waals surface area contributed by atoms with Gasteiger partial charge in [0.05, 0.1) is 18.4 Å². The van der Waals surface area contributed by atoms with Crippen LogP contribution in [0.15, 0.2) is 30.5 Å². The van der Waals surface area contributed by atoms with Gasteiger partial charge in [-0.3, -0.25) is 9.59 Å². The van der Waals surface area contributed by atoms with Gasteiger partial charge in [0, 0.05) is 6.04 Å². The molecule has 7 nitrogen and oxygen atoms in total. The molecule has 1 saturated carbocycles. The van der Waals surface area contributed by atoms with Crippen molar-refractivity contribution in [2.45, 2.75) is 64.2 Å². The molecule has 2 aliphatic rings. The van der Waals surface area contributed by atoms with Crippen LogP contribution in [0.3, 0.4) is 0 Å². The Hall–Kier alpha value is -2.70. The van der Waals surface area contributed by atoms with E-state index in [9.17, 15) is 9.59 Å². The molecule has 2 heterocycles. The second kappa shape index (κ2) is 7.50. The highest BCUT2D eigenvalue weighted by atomic mass is 16.2. The van der Waals surface area contributed by atoms with Gasteiger partial charge < -0.3 is 10.2 Å². The van der Waals surface area contributed by atoms with Crippen molar-refractivity contribution in [3.8, 4) is 0 Å². The average Bonchev–Trinajstić information content (AvgIpc) is 3.10. The van der Waals surface area contributed by atoms with Crippen LogP contribution >= 0.6 is 0 Å². The van der Waals surface area contributed by atoms with Gasteiger partial charge in [-0.1, -0.05) is 54.3 Å². The first-order valence-electron chi connectivity index (χ1n) is 9.65. The lowest BCUT2D eigenvalue weighted by Gasteiger charge is -2.35. The van der Waals surface area contributed by atoms with E-state index in [1.807, 2.05) is 31.2 Å². The van der Waals surface area contributed by atoms with Gasteiger partial charge in [0.15, 0.2) is 0 Å². The number of nitrogens with one attached hydrogen (secondary N) is 1. The number of carbonyl (C=O) groups is 2. The van der Waals surface area contributed by atoms with Crippen LogP contribution in [0.2, 0.25) is 0 Å². The Morgan fingerprint density at radius 3 is 2.81 bits per heavy atom. The quantitative estimate of drug-likeness (QED) is 0.898. The van der Waals surface area contributed by atoms with Gasteiger partial charge in [-0.05, 0) is 25.3 Å². The van der Waals surface area contributed by atoms with Crippen molar-refractivity contribution in [2.24, 2.45) is 0 Å². The van der Waals surface area contributed by atoms with Gasteiger partial charge in [-0.2, -0.15) is 0 Å². The third kappa shape index (κ3) is 3.72. The van der Waals surface area contributed by atoms with E-state index in [0.29, 0.717) is 6.54 Å². The summed E-state index contributed by atoms with van der Waals surface area (Å²) < 4.78 is 1.60. The SMILES string of the molecule is Cc1cccc(C(C(=O)NC2CCCCC2)N2Cc3cnnn3CC2=O)c1. The van der Waals surface area contributed by atoms with Gasteiger partial charge in [0.1, 0.15) is 12.6 Å². The van der Waals surface area contributed by atoms with E-state index in [1.54, 1.807) is 15.8 Å². The van der Waals surface area contributed by atoms with Gasteiger partial charge in [0.25, 0.3) is 0 Å². The molecule has 142 valence electrons. The van der Waals surface area contributed by atoms with E-state index in [1.165, 1.54) is 6.42 Å². The fourth-order valence-corrected chi connectivity index (χ4v) is 4.09. The predicted octanol–water partition coefficient (Wildman–Crippen LogP) is 2.12. The Morgan fingerprint density at radius 1 is 1.22 bits per heavy atom. The van der Waals surface area contributed by atoms with Crippen molar-refractivity contribution in [1.29, 1.82) is 0 Å². The van der Waals surface area contributed by atoms with Crippen LogP contribution in [0.4, 0.5) is 0 Å². The van der Waals surface area contributed by atoms with Gasteiger partial charge >= 0.3 is 0 Å². The summed E-state index contributed by atoms with van der Waals surface area (Å²) in [6.07, 6.45) is 7.20. The molecule has 0 saturated heterocycles. The standard InChI is InChI=1S/C20H25N5O2/c1-14-6-5-7-15(10-14)19(20(27)22-16-8-3-2-4-9-16)24-12-17-11-21-23-25(17)13-18(24)26/h5-7,10-11,16,19H,2-4,8-9,12-13H2,1H3,(H,22,27). The van der Waals surface area contributed by atoms with Crippen LogP contribution in [0.25, 0.3) is 0 Å². The number of nitrogens with zero attached hydrogens (tertiary/aromatic N) is 4. The highest BCUT2D eigenvalue weighted by Gasteiger charge is 2.36. The third-order valence-corrected chi connectivity index (χ3v) is 5.51. The first-order valence-corrected chi connectivity index (χ1v) is 9.65. The summed E-state index contributed by atoms with van der Waals surface area (Å²) in [7, 11) is 0. The highest BCUT2D eigenvalue weighted by Crippen LogP contribution is 2.28. The molecule has 1 atom stereocenters. The first kappa shape index (κ1) is 17.7. The van der Waals surface area contributed by atoms with E-state index in [2.05, 4.69) is 15.6 Å². The number of rotatable bonds is 4. The molecule has 0 spiro atoms. The minimum absolute atomic E-state index is 0.0956. The molecule has 1 aromatic carbocycles. The molecular weight excluding hydrogens is 342 g/mol. The zero-order valence-corrected chi connectivity index (χ0v) is 15.6. The molecule has 7 heteroatoms. The number of aryl methyl sites for hydroxylation is 1. The maximum absolute atomic E-state index is 13.3. The lowest BCUT2D eigenvalue weighted by atomic mass is 9.94. The predicted molar refractivity (Wildman–Crippen MR) is 99.5 cm³/mol. The molecule has 27 heavy (non-hydrogen) atoms. The van der Waals surface area contributed by atoms with Gasteiger partial charge in [-0.15, -0.1) is 5.10 Å². The van der Waals surface area contributed by atoms with E-state index in [-0.39, 0.29) is 24.4 Å². The van der Waals surface area contributed by atoms with E-state index >= 15 is 0 Å². The average molecular weight is 367 g/mol. The van der Waals surface area contributed by atoms with Crippen molar-refractivity contribution in [2.75, 3.05) is 0 Å². The summed E-state index contributed by atoms with van der Waals surface area (Å²) >= 11 is 0. The van der Waals surface area contributed by atoms with E-state index in [0.717, 1.165) is 42.5 Å². The molecule has 4 rings (SSSR count). The minimum Gasteiger partial charge on any atom is -0.351 e. The molecule has 1 unspecified atom stereocenters. The smallest absolute Gasteiger partial charge is 0.247 e. The Bertz CT molecular complexity index is 840. The number of benzene rings is 1. The van der Waals surface area contributed by atoms with Crippen molar-refractivity contribution in [1.82, 2.24) is 25.2 Å². The molecule has 0 radical (unpaired) electrons. The lowest BCUT2D eigenvalue weighted by molar-refractivity contribution is -0.144. The monoisotopic (exact) mass is 367 g/mol. The number of hydrogen-bond acceptors (Lipinski definition) is 4. The summed E-state index contributed by atoms with van der Waals surface area (Å²) in [5.74, 6) is -0.208. The van der Waals surface area contributed by atoms with Crippen LogP contribution in [-0.2, 0) is 22.7 Å². The van der Waals surface area contributed by atoms with Crippen LogP contribution in [0.5, 0.6) is 0 Å². The maximum atomic E-state index is 13.3. The maximum Gasteiger partial charge on any atom is 0.247 e. The number of hydrogen-bond donors (Lipinski definition) is 1. The molecule has 1 fully saturated rings. The Morgan fingerprint density at radius 2 is 2.04 bits per heavy atom. The van der Waals surface area contributed by atoms with Crippen LogP contribution in [0, 0.1) is 6.92 Å². The largest absolute Gasteiger partial charge is 0.351 e. The van der Waals surface area contributed by atoms with Crippen LogP contribution < -0.4 is 5.32 Å². The normalized spacial score (nSPS) is 18.9. The van der Waals surface area contributed by atoms with Crippen molar-refractivity contribution in [3.63, 3.8) is 0 Å². The topological polar surface area (TPSA) is 80.1 Å².